The van der Waals surface area contributed by atoms with Crippen LogP contribution in [-0.2, 0) is 12.0 Å². The van der Waals surface area contributed by atoms with Gasteiger partial charge in [0.05, 0.1) is 0 Å². The van der Waals surface area contributed by atoms with Crippen LogP contribution in [0, 0.1) is 0 Å². The molecule has 1 aromatic heterocycles. The topological polar surface area (TPSA) is 34.1 Å². The minimum absolute atomic E-state index is 0.158. The lowest BCUT2D eigenvalue weighted by Crippen LogP contribution is -2.10. The summed E-state index contributed by atoms with van der Waals surface area (Å²) in [6.07, 6.45) is 1.83. The molecule has 0 saturated carbocycles. The summed E-state index contributed by atoms with van der Waals surface area (Å²) >= 11 is 0. The quantitative estimate of drug-likeness (QED) is 0.915. The summed E-state index contributed by atoms with van der Waals surface area (Å²) in [6, 6.07) is 12.1. The summed E-state index contributed by atoms with van der Waals surface area (Å²) in [4.78, 5) is 4.30. The van der Waals surface area contributed by atoms with Crippen LogP contribution in [0.4, 0.5) is 0 Å². The van der Waals surface area contributed by atoms with E-state index >= 15 is 0 Å². The molecule has 0 aliphatic carbocycles. The van der Waals surface area contributed by atoms with Gasteiger partial charge in [0.2, 0.25) is 5.88 Å². The van der Waals surface area contributed by atoms with Gasteiger partial charge < -0.3 is 10.1 Å². The summed E-state index contributed by atoms with van der Waals surface area (Å²) in [5, 5.41) is 3.09. The summed E-state index contributed by atoms with van der Waals surface area (Å²) < 4.78 is 5.75. The third-order valence-electron chi connectivity index (χ3n) is 3.12. The number of pyridine rings is 1. The summed E-state index contributed by atoms with van der Waals surface area (Å²) in [6.45, 7) is 7.41. The first kappa shape index (κ1) is 14.5. The zero-order valence-electron chi connectivity index (χ0n) is 12.6. The lowest BCUT2D eigenvalue weighted by Gasteiger charge is -2.19. The van der Waals surface area contributed by atoms with Crippen molar-refractivity contribution in [2.24, 2.45) is 0 Å². The molecule has 0 atom stereocenters. The molecule has 0 radical (unpaired) electrons. The van der Waals surface area contributed by atoms with Crippen molar-refractivity contribution >= 4 is 0 Å². The number of nitrogens with one attached hydrogen (secondary N) is 1. The van der Waals surface area contributed by atoms with E-state index in [2.05, 4.69) is 43.2 Å². The zero-order valence-corrected chi connectivity index (χ0v) is 12.6. The molecule has 1 heterocycles. The molecule has 2 rings (SSSR count). The van der Waals surface area contributed by atoms with Gasteiger partial charge in [-0.1, -0.05) is 39.0 Å². The van der Waals surface area contributed by atoms with Crippen molar-refractivity contribution in [3.8, 4) is 11.6 Å². The molecule has 3 nitrogen and oxygen atoms in total. The number of ether oxygens (including phenoxy) is 1. The largest absolute Gasteiger partial charge is 0.439 e. The Bertz CT molecular complexity index is 539. The highest BCUT2D eigenvalue weighted by Gasteiger charge is 2.13. The van der Waals surface area contributed by atoms with Gasteiger partial charge in [0, 0.05) is 18.8 Å². The van der Waals surface area contributed by atoms with Crippen LogP contribution in [0.15, 0.2) is 42.6 Å². The molecule has 20 heavy (non-hydrogen) atoms. The molecule has 2 aromatic rings. The van der Waals surface area contributed by atoms with Gasteiger partial charge in [0.1, 0.15) is 5.75 Å². The minimum atomic E-state index is 0.158. The summed E-state index contributed by atoms with van der Waals surface area (Å²) in [5.74, 6) is 1.43. The molecule has 1 N–H and O–H groups in total. The van der Waals surface area contributed by atoms with Crippen LogP contribution < -0.4 is 10.1 Å². The first-order chi connectivity index (χ1) is 9.49. The second-order valence-electron chi connectivity index (χ2n) is 5.91. The van der Waals surface area contributed by atoms with Gasteiger partial charge in [0.15, 0.2) is 0 Å². The maximum Gasteiger partial charge on any atom is 0.219 e. The molecular weight excluding hydrogens is 248 g/mol. The predicted octanol–water partition coefficient (Wildman–Crippen LogP) is 3.89. The standard InChI is InChI=1S/C17H22N2O/c1-17(2,3)14-6-8-15(9-7-14)20-16-10-5-13(11-18-4)12-19-16/h5-10,12,18H,11H2,1-4H3. The number of rotatable bonds is 4. The number of hydrogen-bond donors (Lipinski definition) is 1. The van der Waals surface area contributed by atoms with E-state index in [1.165, 1.54) is 5.56 Å². The lowest BCUT2D eigenvalue weighted by atomic mass is 9.87. The highest BCUT2D eigenvalue weighted by molar-refractivity contribution is 5.33. The van der Waals surface area contributed by atoms with Crippen LogP contribution in [0.2, 0.25) is 0 Å². The lowest BCUT2D eigenvalue weighted by molar-refractivity contribution is 0.461. The highest BCUT2D eigenvalue weighted by Crippen LogP contribution is 2.26. The zero-order chi connectivity index (χ0) is 14.6. The normalized spacial score (nSPS) is 11.4. The Morgan fingerprint density at radius 3 is 2.25 bits per heavy atom. The highest BCUT2D eigenvalue weighted by atomic mass is 16.5. The first-order valence-electron chi connectivity index (χ1n) is 6.87. The summed E-state index contributed by atoms with van der Waals surface area (Å²) in [5.41, 5.74) is 2.59. The average Bonchev–Trinajstić information content (AvgIpc) is 2.41. The average molecular weight is 270 g/mol. The van der Waals surface area contributed by atoms with Crippen LogP contribution in [-0.4, -0.2) is 12.0 Å². The van der Waals surface area contributed by atoms with Crippen LogP contribution in [0.5, 0.6) is 11.6 Å². The molecule has 3 heteroatoms. The van der Waals surface area contributed by atoms with Crippen molar-refractivity contribution in [3.63, 3.8) is 0 Å². The Balaban J connectivity index is 2.06. The van der Waals surface area contributed by atoms with Crippen molar-refractivity contribution in [1.82, 2.24) is 10.3 Å². The van der Waals surface area contributed by atoms with E-state index in [1.807, 2.05) is 37.5 Å². The monoisotopic (exact) mass is 270 g/mol. The molecule has 0 aliphatic heterocycles. The van der Waals surface area contributed by atoms with Crippen LogP contribution >= 0.6 is 0 Å². The number of nitrogens with zero attached hydrogens (tertiary/aromatic N) is 1. The molecule has 0 bridgehead atoms. The predicted molar refractivity (Wildman–Crippen MR) is 82.2 cm³/mol. The maximum absolute atomic E-state index is 5.75. The Morgan fingerprint density at radius 2 is 1.75 bits per heavy atom. The molecule has 1 aromatic carbocycles. The molecule has 0 spiro atoms. The van der Waals surface area contributed by atoms with Gasteiger partial charge in [-0.05, 0) is 35.7 Å². The molecule has 106 valence electrons. The maximum atomic E-state index is 5.75. The number of benzene rings is 1. The molecular formula is C17H22N2O. The van der Waals surface area contributed by atoms with Crippen molar-refractivity contribution < 1.29 is 4.74 Å². The summed E-state index contributed by atoms with van der Waals surface area (Å²) in [7, 11) is 1.92. The Labute approximate surface area is 121 Å². The third kappa shape index (κ3) is 3.81. The van der Waals surface area contributed by atoms with E-state index < -0.39 is 0 Å². The molecule has 0 fully saturated rings. The van der Waals surface area contributed by atoms with Crippen molar-refractivity contribution in [1.29, 1.82) is 0 Å². The minimum Gasteiger partial charge on any atom is -0.439 e. The Morgan fingerprint density at radius 1 is 1.05 bits per heavy atom. The molecule has 0 aliphatic rings. The van der Waals surface area contributed by atoms with Gasteiger partial charge in [-0.2, -0.15) is 0 Å². The smallest absolute Gasteiger partial charge is 0.219 e. The van der Waals surface area contributed by atoms with E-state index in [0.29, 0.717) is 5.88 Å². The first-order valence-corrected chi connectivity index (χ1v) is 6.87. The van der Waals surface area contributed by atoms with E-state index in [1.54, 1.807) is 0 Å². The van der Waals surface area contributed by atoms with E-state index in [-0.39, 0.29) is 5.41 Å². The fourth-order valence-electron chi connectivity index (χ4n) is 1.92. The van der Waals surface area contributed by atoms with Crippen molar-refractivity contribution in [2.45, 2.75) is 32.7 Å². The van der Waals surface area contributed by atoms with Crippen molar-refractivity contribution in [2.75, 3.05) is 7.05 Å². The Kier molecular flexibility index (Phi) is 4.40. The second-order valence-corrected chi connectivity index (χ2v) is 5.91. The molecule has 0 unspecified atom stereocenters. The van der Waals surface area contributed by atoms with Gasteiger partial charge in [-0.25, -0.2) is 4.98 Å². The number of aromatic nitrogens is 1. The number of hydrogen-bond acceptors (Lipinski definition) is 3. The fraction of sp³-hybridized carbons (Fsp3) is 0.353. The van der Waals surface area contributed by atoms with E-state index in [4.69, 9.17) is 4.74 Å². The van der Waals surface area contributed by atoms with Crippen LogP contribution in [0.1, 0.15) is 31.9 Å². The van der Waals surface area contributed by atoms with E-state index in [9.17, 15) is 0 Å². The van der Waals surface area contributed by atoms with E-state index in [0.717, 1.165) is 17.9 Å². The van der Waals surface area contributed by atoms with Gasteiger partial charge in [0.25, 0.3) is 0 Å². The van der Waals surface area contributed by atoms with Crippen molar-refractivity contribution in [3.05, 3.63) is 53.7 Å². The van der Waals surface area contributed by atoms with Gasteiger partial charge in [-0.3, -0.25) is 0 Å². The Hall–Kier alpha value is -1.87. The fourth-order valence-corrected chi connectivity index (χ4v) is 1.92. The van der Waals surface area contributed by atoms with Crippen LogP contribution in [0.3, 0.4) is 0 Å². The van der Waals surface area contributed by atoms with Gasteiger partial charge in [-0.15, -0.1) is 0 Å². The molecule has 0 saturated heterocycles. The molecule has 0 amide bonds. The van der Waals surface area contributed by atoms with Gasteiger partial charge >= 0.3 is 0 Å². The third-order valence-corrected chi connectivity index (χ3v) is 3.12. The van der Waals surface area contributed by atoms with Crippen LogP contribution in [0.25, 0.3) is 0 Å². The SMILES string of the molecule is CNCc1ccc(Oc2ccc(C(C)(C)C)cc2)nc1. The second kappa shape index (κ2) is 6.06.